The Morgan fingerprint density at radius 3 is 2.33 bits per heavy atom. The third-order valence-electron chi connectivity index (χ3n) is 3.55. The molecule has 2 aliphatic rings. The Labute approximate surface area is 108 Å². The van der Waals surface area contributed by atoms with Gasteiger partial charge in [-0.1, -0.05) is 5.16 Å². The zero-order valence-corrected chi connectivity index (χ0v) is 11.3. The monoisotopic (exact) mass is 254 g/mol. The van der Waals surface area contributed by atoms with Crippen LogP contribution in [0, 0.1) is 0 Å². The van der Waals surface area contributed by atoms with Crippen LogP contribution in [0.1, 0.15) is 52.9 Å². The Hall–Kier alpha value is -1.26. The maximum absolute atomic E-state index is 12.2. The van der Waals surface area contributed by atoms with Gasteiger partial charge in [0.05, 0.1) is 5.71 Å². The molecule has 1 N–H and O–H groups in total. The van der Waals surface area contributed by atoms with Gasteiger partial charge < -0.3 is 14.8 Å². The first-order chi connectivity index (χ1) is 8.40. The van der Waals surface area contributed by atoms with Gasteiger partial charge in [-0.05, 0) is 40.0 Å². The van der Waals surface area contributed by atoms with Crippen molar-refractivity contribution < 1.29 is 14.7 Å². The summed E-state index contributed by atoms with van der Waals surface area (Å²) in [5.41, 5.74) is 0.348. The Kier molecular flexibility index (Phi) is 3.50. The van der Waals surface area contributed by atoms with E-state index >= 15 is 0 Å². The van der Waals surface area contributed by atoms with Crippen molar-refractivity contribution in [3.05, 3.63) is 0 Å². The summed E-state index contributed by atoms with van der Waals surface area (Å²) in [6.07, 6.45) is 4.18. The fourth-order valence-corrected chi connectivity index (χ4v) is 2.89. The van der Waals surface area contributed by atoms with E-state index in [2.05, 4.69) is 5.16 Å². The Balaban J connectivity index is 2.11. The van der Waals surface area contributed by atoms with Crippen molar-refractivity contribution in [1.82, 2.24) is 4.90 Å². The molecule has 2 rings (SSSR count). The van der Waals surface area contributed by atoms with E-state index in [0.717, 1.165) is 25.0 Å². The highest BCUT2D eigenvalue weighted by Gasteiger charge is 2.41. The molecule has 0 aromatic rings. The number of ether oxygens (including phenoxy) is 1. The number of amides is 1. The average Bonchev–Trinajstić information content (AvgIpc) is 2.24. The molecule has 2 bridgehead atoms. The lowest BCUT2D eigenvalue weighted by molar-refractivity contribution is -0.00731. The third-order valence-corrected chi connectivity index (χ3v) is 3.55. The number of hydrogen-bond donors (Lipinski definition) is 1. The molecule has 2 saturated heterocycles. The number of rotatable bonds is 0. The highest BCUT2D eigenvalue weighted by atomic mass is 16.6. The van der Waals surface area contributed by atoms with Gasteiger partial charge in [-0.15, -0.1) is 0 Å². The summed E-state index contributed by atoms with van der Waals surface area (Å²) in [6, 6.07) is 0.275. The number of nitrogens with zero attached hydrogens (tertiary/aromatic N) is 2. The summed E-state index contributed by atoms with van der Waals surface area (Å²) in [4.78, 5) is 14.1. The molecule has 0 spiro atoms. The van der Waals surface area contributed by atoms with Gasteiger partial charge in [-0.2, -0.15) is 0 Å². The molecule has 1 unspecified atom stereocenters. The number of carbonyl (C=O) groups excluding carboxylic acids is 1. The minimum Gasteiger partial charge on any atom is -0.444 e. The molecule has 0 aromatic carbocycles. The number of hydrogen-bond acceptors (Lipinski definition) is 4. The van der Waals surface area contributed by atoms with Crippen molar-refractivity contribution in [3.63, 3.8) is 0 Å². The molecule has 2 fully saturated rings. The summed E-state index contributed by atoms with van der Waals surface area (Å²) in [6.45, 7) is 5.64. The van der Waals surface area contributed by atoms with E-state index < -0.39 is 5.60 Å². The maximum atomic E-state index is 12.2. The standard InChI is InChI=1S/C13H22N2O3/c1-13(2,3)18-12(16)15-10-5-4-6-11(15)8-9(7-10)14-17/h10-11,17H,4-8H2,1-3H3/b14-9-/t10-,11?/m1/s1. The molecule has 18 heavy (non-hydrogen) atoms. The van der Waals surface area contributed by atoms with Crippen molar-refractivity contribution in [2.75, 3.05) is 0 Å². The van der Waals surface area contributed by atoms with Crippen molar-refractivity contribution in [1.29, 1.82) is 0 Å². The van der Waals surface area contributed by atoms with Gasteiger partial charge in [0.25, 0.3) is 0 Å². The second kappa shape index (κ2) is 4.78. The first-order valence-corrected chi connectivity index (χ1v) is 6.62. The van der Waals surface area contributed by atoms with Gasteiger partial charge in [0.2, 0.25) is 0 Å². The highest BCUT2D eigenvalue weighted by Crippen LogP contribution is 2.33. The van der Waals surface area contributed by atoms with E-state index in [1.54, 1.807) is 0 Å². The summed E-state index contributed by atoms with van der Waals surface area (Å²) < 4.78 is 5.47. The van der Waals surface area contributed by atoms with Crippen LogP contribution in [-0.4, -0.2) is 39.6 Å². The van der Waals surface area contributed by atoms with Gasteiger partial charge in [0.1, 0.15) is 5.60 Å². The molecule has 0 aromatic heterocycles. The minimum absolute atomic E-state index is 0.137. The number of carbonyl (C=O) groups is 1. The minimum atomic E-state index is -0.462. The predicted octanol–water partition coefficient (Wildman–Crippen LogP) is 2.77. The summed E-state index contributed by atoms with van der Waals surface area (Å²) >= 11 is 0. The molecule has 0 saturated carbocycles. The second-order valence-electron chi connectivity index (χ2n) is 6.20. The Bertz CT molecular complexity index is 344. The lowest BCUT2D eigenvalue weighted by Gasteiger charge is -2.46. The van der Waals surface area contributed by atoms with E-state index in [0.29, 0.717) is 12.8 Å². The maximum Gasteiger partial charge on any atom is 0.410 e. The quantitative estimate of drug-likeness (QED) is 0.534. The van der Waals surface area contributed by atoms with Gasteiger partial charge in [-0.3, -0.25) is 0 Å². The normalized spacial score (nSPS) is 30.4. The number of piperidine rings is 2. The number of oxime groups is 1. The van der Waals surface area contributed by atoms with E-state index in [1.165, 1.54) is 0 Å². The summed E-state index contributed by atoms with van der Waals surface area (Å²) in [5.74, 6) is 0. The lowest BCUT2D eigenvalue weighted by atomic mass is 9.84. The van der Waals surface area contributed by atoms with Crippen LogP contribution in [0.5, 0.6) is 0 Å². The fourth-order valence-electron chi connectivity index (χ4n) is 2.89. The molecule has 0 aliphatic carbocycles. The van der Waals surface area contributed by atoms with Crippen molar-refractivity contribution >= 4 is 11.8 Å². The van der Waals surface area contributed by atoms with Gasteiger partial charge >= 0.3 is 6.09 Å². The number of fused-ring (bicyclic) bond motifs is 2. The Morgan fingerprint density at radius 2 is 1.89 bits per heavy atom. The smallest absolute Gasteiger partial charge is 0.410 e. The first kappa shape index (κ1) is 13.2. The third kappa shape index (κ3) is 2.76. The summed E-state index contributed by atoms with van der Waals surface area (Å²) in [5, 5.41) is 12.2. The van der Waals surface area contributed by atoms with E-state index in [1.807, 2.05) is 25.7 Å². The van der Waals surface area contributed by atoms with E-state index in [9.17, 15) is 4.79 Å². The summed E-state index contributed by atoms with van der Waals surface area (Å²) in [7, 11) is 0. The van der Waals surface area contributed by atoms with Gasteiger partial charge in [0.15, 0.2) is 0 Å². The molecule has 5 nitrogen and oxygen atoms in total. The van der Waals surface area contributed by atoms with Crippen LogP contribution in [0.2, 0.25) is 0 Å². The molecule has 102 valence electrons. The molecule has 0 radical (unpaired) electrons. The van der Waals surface area contributed by atoms with Gasteiger partial charge in [0, 0.05) is 24.9 Å². The van der Waals surface area contributed by atoms with Crippen LogP contribution >= 0.6 is 0 Å². The van der Waals surface area contributed by atoms with E-state index in [4.69, 9.17) is 9.94 Å². The SMILES string of the molecule is CC(C)(C)OC(=O)N1C2CCC[C@@H]1C/C(=N/O)C2. The van der Waals surface area contributed by atoms with Crippen LogP contribution in [-0.2, 0) is 4.74 Å². The van der Waals surface area contributed by atoms with Crippen molar-refractivity contribution in [2.45, 2.75) is 70.6 Å². The topological polar surface area (TPSA) is 62.1 Å². The molecule has 5 heteroatoms. The van der Waals surface area contributed by atoms with Crippen LogP contribution in [0.25, 0.3) is 0 Å². The van der Waals surface area contributed by atoms with Crippen molar-refractivity contribution in [2.24, 2.45) is 5.16 Å². The first-order valence-electron chi connectivity index (χ1n) is 6.62. The molecular formula is C13H22N2O3. The predicted molar refractivity (Wildman–Crippen MR) is 68.0 cm³/mol. The van der Waals surface area contributed by atoms with Crippen molar-refractivity contribution in [3.8, 4) is 0 Å². The fraction of sp³-hybridized carbons (Fsp3) is 0.846. The molecule has 2 atom stereocenters. The van der Waals surface area contributed by atoms with E-state index in [-0.39, 0.29) is 18.2 Å². The lowest BCUT2D eigenvalue weighted by Crippen LogP contribution is -2.56. The second-order valence-corrected chi connectivity index (χ2v) is 6.20. The molecule has 2 heterocycles. The van der Waals surface area contributed by atoms with Crippen LogP contribution in [0.15, 0.2) is 5.16 Å². The van der Waals surface area contributed by atoms with Crippen LogP contribution < -0.4 is 0 Å². The molecule has 2 aliphatic heterocycles. The van der Waals surface area contributed by atoms with Crippen LogP contribution in [0.3, 0.4) is 0 Å². The zero-order valence-electron chi connectivity index (χ0n) is 11.3. The highest BCUT2D eigenvalue weighted by molar-refractivity contribution is 5.87. The Morgan fingerprint density at radius 1 is 1.33 bits per heavy atom. The van der Waals surface area contributed by atoms with Gasteiger partial charge in [-0.25, -0.2) is 4.79 Å². The zero-order chi connectivity index (χ0) is 13.3. The van der Waals surface area contributed by atoms with Crippen LogP contribution in [0.4, 0.5) is 4.79 Å². The molecular weight excluding hydrogens is 232 g/mol. The molecule has 1 amide bonds. The largest absolute Gasteiger partial charge is 0.444 e. The average molecular weight is 254 g/mol.